The van der Waals surface area contributed by atoms with Crippen molar-refractivity contribution in [3.63, 3.8) is 0 Å². The molecule has 2 aromatic rings. The summed E-state index contributed by atoms with van der Waals surface area (Å²) in [5, 5.41) is 5.52. The zero-order valence-corrected chi connectivity index (χ0v) is 16.3. The van der Waals surface area contributed by atoms with Crippen molar-refractivity contribution in [3.05, 3.63) is 65.5 Å². The summed E-state index contributed by atoms with van der Waals surface area (Å²) in [4.78, 5) is 36.3. The summed E-state index contributed by atoms with van der Waals surface area (Å²) >= 11 is 0. The Bertz CT molecular complexity index is 892. The maximum Gasteiger partial charge on any atom is 0.338 e. The molecule has 2 atom stereocenters. The van der Waals surface area contributed by atoms with Crippen molar-refractivity contribution in [1.82, 2.24) is 5.32 Å². The summed E-state index contributed by atoms with van der Waals surface area (Å²) in [7, 11) is 0. The van der Waals surface area contributed by atoms with Crippen LogP contribution < -0.4 is 10.6 Å². The number of benzene rings is 2. The van der Waals surface area contributed by atoms with E-state index in [9.17, 15) is 18.8 Å². The molecule has 7 heteroatoms. The largest absolute Gasteiger partial charge is 0.449 e. The highest BCUT2D eigenvalue weighted by Gasteiger charge is 2.29. The molecule has 0 radical (unpaired) electrons. The van der Waals surface area contributed by atoms with E-state index in [2.05, 4.69) is 10.6 Å². The van der Waals surface area contributed by atoms with Crippen LogP contribution in [0.3, 0.4) is 0 Å². The van der Waals surface area contributed by atoms with Crippen molar-refractivity contribution in [2.24, 2.45) is 5.92 Å². The van der Waals surface area contributed by atoms with Crippen LogP contribution in [0.25, 0.3) is 0 Å². The molecule has 152 valence electrons. The highest BCUT2D eigenvalue weighted by molar-refractivity contribution is 5.95. The molecule has 1 saturated carbocycles. The van der Waals surface area contributed by atoms with Crippen LogP contribution in [-0.2, 0) is 14.3 Å². The van der Waals surface area contributed by atoms with Crippen molar-refractivity contribution in [2.75, 3.05) is 5.32 Å². The smallest absolute Gasteiger partial charge is 0.338 e. The van der Waals surface area contributed by atoms with Crippen LogP contribution in [0, 0.1) is 11.7 Å². The van der Waals surface area contributed by atoms with Gasteiger partial charge in [-0.1, -0.05) is 12.1 Å². The van der Waals surface area contributed by atoms with E-state index in [0.717, 1.165) is 18.4 Å². The fraction of sp³-hybridized carbons (Fsp3) is 0.318. The van der Waals surface area contributed by atoms with Crippen molar-refractivity contribution in [3.8, 4) is 0 Å². The van der Waals surface area contributed by atoms with Crippen LogP contribution in [0.2, 0.25) is 0 Å². The predicted molar refractivity (Wildman–Crippen MR) is 106 cm³/mol. The summed E-state index contributed by atoms with van der Waals surface area (Å²) in [5.74, 6) is -1.37. The van der Waals surface area contributed by atoms with Crippen LogP contribution in [-0.4, -0.2) is 23.9 Å². The lowest BCUT2D eigenvalue weighted by atomic mass is 10.1. The first-order valence-corrected chi connectivity index (χ1v) is 9.51. The Balaban J connectivity index is 1.51. The van der Waals surface area contributed by atoms with Crippen molar-refractivity contribution < 1.29 is 23.5 Å². The lowest BCUT2D eigenvalue weighted by Crippen LogP contribution is -2.37. The molecule has 0 heterocycles. The number of nitrogens with one attached hydrogen (secondary N) is 2. The van der Waals surface area contributed by atoms with E-state index in [4.69, 9.17) is 4.74 Å². The van der Waals surface area contributed by atoms with E-state index in [0.29, 0.717) is 5.69 Å². The van der Waals surface area contributed by atoms with E-state index >= 15 is 0 Å². The number of carbonyl (C=O) groups excluding carboxylic acids is 3. The molecular formula is C22H23FN2O4. The zero-order valence-electron chi connectivity index (χ0n) is 16.3. The Morgan fingerprint density at radius 1 is 1.00 bits per heavy atom. The lowest BCUT2D eigenvalue weighted by molar-refractivity contribution is -0.129. The third-order valence-electron chi connectivity index (χ3n) is 4.72. The first kappa shape index (κ1) is 20.5. The first-order chi connectivity index (χ1) is 13.8. The minimum atomic E-state index is -1.00. The van der Waals surface area contributed by atoms with E-state index in [1.807, 2.05) is 0 Å². The monoisotopic (exact) mass is 398 g/mol. The number of halogens is 1. The second-order valence-corrected chi connectivity index (χ2v) is 7.17. The van der Waals surface area contributed by atoms with Gasteiger partial charge in [0.2, 0.25) is 5.91 Å². The highest BCUT2D eigenvalue weighted by Crippen LogP contribution is 2.30. The second kappa shape index (κ2) is 8.86. The number of carbonyl (C=O) groups is 3. The number of rotatable bonds is 7. The number of esters is 1. The zero-order chi connectivity index (χ0) is 21.0. The topological polar surface area (TPSA) is 84.5 Å². The van der Waals surface area contributed by atoms with Gasteiger partial charge in [-0.05, 0) is 68.7 Å². The van der Waals surface area contributed by atoms with Gasteiger partial charge in [-0.15, -0.1) is 0 Å². The molecule has 3 rings (SSSR count). The minimum Gasteiger partial charge on any atom is -0.449 e. The maximum atomic E-state index is 13.0. The summed E-state index contributed by atoms with van der Waals surface area (Å²) < 4.78 is 18.2. The van der Waals surface area contributed by atoms with Crippen LogP contribution >= 0.6 is 0 Å². The lowest BCUT2D eigenvalue weighted by Gasteiger charge is -2.18. The van der Waals surface area contributed by atoms with E-state index in [1.165, 1.54) is 31.2 Å². The molecule has 1 aliphatic carbocycles. The molecule has 0 saturated heterocycles. The number of anilines is 1. The Labute approximate surface area is 168 Å². The summed E-state index contributed by atoms with van der Waals surface area (Å²) in [5.41, 5.74) is 1.63. The third kappa shape index (κ3) is 5.63. The van der Waals surface area contributed by atoms with Gasteiger partial charge >= 0.3 is 5.97 Å². The van der Waals surface area contributed by atoms with E-state index < -0.39 is 18.0 Å². The number of hydrogen-bond acceptors (Lipinski definition) is 4. The molecule has 29 heavy (non-hydrogen) atoms. The Morgan fingerprint density at radius 3 is 2.21 bits per heavy atom. The molecule has 0 bridgehead atoms. The quantitative estimate of drug-likeness (QED) is 0.698. The Hall–Kier alpha value is -3.22. The Morgan fingerprint density at radius 2 is 1.62 bits per heavy atom. The molecule has 0 aliphatic heterocycles. The van der Waals surface area contributed by atoms with Crippen LogP contribution in [0.5, 0.6) is 0 Å². The normalized spacial score (nSPS) is 15.1. The molecule has 2 amide bonds. The molecule has 0 spiro atoms. The molecular weight excluding hydrogens is 375 g/mol. The van der Waals surface area contributed by atoms with Gasteiger partial charge in [0.05, 0.1) is 11.6 Å². The standard InChI is InChI=1S/C22H23FN2O4/c1-13(15-5-9-18(23)10-6-15)24-20(26)14(2)29-22(28)17-7-11-19(12-8-17)25-21(27)16-3-4-16/h5-14,16H,3-4H2,1-2H3,(H,24,26)(H,25,27). The fourth-order valence-corrected chi connectivity index (χ4v) is 2.73. The summed E-state index contributed by atoms with van der Waals surface area (Å²) in [6.07, 6.45) is 0.825. The predicted octanol–water partition coefficient (Wildman–Crippen LogP) is 3.60. The summed E-state index contributed by atoms with van der Waals surface area (Å²) in [6, 6.07) is 11.8. The molecule has 2 N–H and O–H groups in total. The van der Waals surface area contributed by atoms with Gasteiger partial charge in [0.15, 0.2) is 6.10 Å². The molecule has 1 aliphatic rings. The molecule has 0 aromatic heterocycles. The second-order valence-electron chi connectivity index (χ2n) is 7.17. The van der Waals surface area contributed by atoms with Crippen molar-refractivity contribution >= 4 is 23.5 Å². The SMILES string of the molecule is CC(OC(=O)c1ccc(NC(=O)C2CC2)cc1)C(=O)NC(C)c1ccc(F)cc1. The summed E-state index contributed by atoms with van der Waals surface area (Å²) in [6.45, 7) is 3.24. The van der Waals surface area contributed by atoms with E-state index in [1.54, 1.807) is 31.2 Å². The third-order valence-corrected chi connectivity index (χ3v) is 4.72. The van der Waals surface area contributed by atoms with Gasteiger partial charge in [-0.2, -0.15) is 0 Å². The van der Waals surface area contributed by atoms with Gasteiger partial charge in [0.1, 0.15) is 5.82 Å². The molecule has 1 fully saturated rings. The fourth-order valence-electron chi connectivity index (χ4n) is 2.73. The number of hydrogen-bond donors (Lipinski definition) is 2. The Kier molecular flexibility index (Phi) is 6.26. The van der Waals surface area contributed by atoms with Crippen LogP contribution in [0.4, 0.5) is 10.1 Å². The van der Waals surface area contributed by atoms with E-state index in [-0.39, 0.29) is 29.2 Å². The van der Waals surface area contributed by atoms with Crippen LogP contribution in [0.1, 0.15) is 48.7 Å². The minimum absolute atomic E-state index is 0.0131. The highest BCUT2D eigenvalue weighted by atomic mass is 19.1. The number of ether oxygens (including phenoxy) is 1. The number of amides is 2. The maximum absolute atomic E-state index is 13.0. The average molecular weight is 398 g/mol. The van der Waals surface area contributed by atoms with Gasteiger partial charge in [-0.25, -0.2) is 9.18 Å². The van der Waals surface area contributed by atoms with Crippen molar-refractivity contribution in [1.29, 1.82) is 0 Å². The molecule has 2 unspecified atom stereocenters. The molecule has 2 aromatic carbocycles. The average Bonchev–Trinajstić information content (AvgIpc) is 3.54. The van der Waals surface area contributed by atoms with Crippen LogP contribution in [0.15, 0.2) is 48.5 Å². The van der Waals surface area contributed by atoms with Crippen molar-refractivity contribution in [2.45, 2.75) is 38.8 Å². The van der Waals surface area contributed by atoms with Gasteiger partial charge in [-0.3, -0.25) is 9.59 Å². The van der Waals surface area contributed by atoms with Gasteiger partial charge < -0.3 is 15.4 Å². The molecule has 6 nitrogen and oxygen atoms in total. The van der Waals surface area contributed by atoms with Gasteiger partial charge in [0.25, 0.3) is 5.91 Å². The van der Waals surface area contributed by atoms with Gasteiger partial charge in [0, 0.05) is 11.6 Å². The first-order valence-electron chi connectivity index (χ1n) is 9.51.